The molecular formula is C16H11ClF3N3O2S. The Balaban J connectivity index is 1.92. The van der Waals surface area contributed by atoms with Gasteiger partial charge in [0.1, 0.15) is 5.75 Å². The van der Waals surface area contributed by atoms with Gasteiger partial charge in [-0.15, -0.1) is 0 Å². The van der Waals surface area contributed by atoms with Crippen LogP contribution in [0.15, 0.2) is 30.3 Å². The minimum atomic E-state index is -4.47. The van der Waals surface area contributed by atoms with Crippen molar-refractivity contribution in [2.24, 2.45) is 5.73 Å². The highest BCUT2D eigenvalue weighted by Crippen LogP contribution is 2.35. The molecule has 3 aromatic rings. The summed E-state index contributed by atoms with van der Waals surface area (Å²) in [5.74, 6) is -1.01. The van der Waals surface area contributed by atoms with Crippen LogP contribution in [-0.2, 0) is 12.7 Å². The van der Waals surface area contributed by atoms with E-state index in [1.54, 1.807) is 0 Å². The lowest BCUT2D eigenvalue weighted by Crippen LogP contribution is -2.13. The largest absolute Gasteiger partial charge is 0.507 e. The van der Waals surface area contributed by atoms with Crippen molar-refractivity contribution in [1.82, 2.24) is 4.98 Å². The molecule has 10 heteroatoms. The number of halogens is 4. The molecule has 0 spiro atoms. The zero-order valence-corrected chi connectivity index (χ0v) is 14.5. The van der Waals surface area contributed by atoms with Crippen LogP contribution in [0.3, 0.4) is 0 Å². The van der Waals surface area contributed by atoms with Crippen LogP contribution in [0, 0.1) is 0 Å². The summed E-state index contributed by atoms with van der Waals surface area (Å²) < 4.78 is 38.6. The van der Waals surface area contributed by atoms with Crippen molar-refractivity contribution in [2.75, 3.05) is 5.32 Å². The maximum absolute atomic E-state index is 12.8. The average Bonchev–Trinajstić information content (AvgIpc) is 2.96. The van der Waals surface area contributed by atoms with Gasteiger partial charge < -0.3 is 10.8 Å². The van der Waals surface area contributed by atoms with E-state index in [1.807, 2.05) is 0 Å². The van der Waals surface area contributed by atoms with E-state index < -0.39 is 17.6 Å². The number of benzene rings is 2. The zero-order chi connectivity index (χ0) is 19.1. The molecule has 0 radical (unpaired) electrons. The van der Waals surface area contributed by atoms with Crippen molar-refractivity contribution >= 4 is 44.2 Å². The van der Waals surface area contributed by atoms with Gasteiger partial charge >= 0.3 is 6.18 Å². The molecule has 136 valence electrons. The number of phenols is 1. The number of aromatic hydroxyl groups is 1. The smallest absolute Gasteiger partial charge is 0.416 e. The van der Waals surface area contributed by atoms with Crippen LogP contribution in [0.1, 0.15) is 21.5 Å². The van der Waals surface area contributed by atoms with Gasteiger partial charge in [-0.25, -0.2) is 4.98 Å². The maximum atomic E-state index is 12.8. The van der Waals surface area contributed by atoms with Crippen molar-refractivity contribution in [1.29, 1.82) is 0 Å². The van der Waals surface area contributed by atoms with Gasteiger partial charge in [-0.1, -0.05) is 22.9 Å². The Labute approximate surface area is 154 Å². The highest BCUT2D eigenvalue weighted by atomic mass is 35.5. The Morgan fingerprint density at radius 1 is 1.31 bits per heavy atom. The Hall–Kier alpha value is -2.36. The molecule has 0 saturated carbocycles. The Morgan fingerprint density at radius 2 is 2.04 bits per heavy atom. The summed E-state index contributed by atoms with van der Waals surface area (Å²) in [6.07, 6.45) is -4.47. The molecule has 0 atom stereocenters. The van der Waals surface area contributed by atoms with Gasteiger partial charge in [0.05, 0.1) is 21.3 Å². The number of hydrogen-bond acceptors (Lipinski definition) is 5. The number of fused-ring (bicyclic) bond motifs is 1. The molecule has 1 aromatic heterocycles. The molecule has 0 saturated heterocycles. The average molecular weight is 402 g/mol. The first-order valence-electron chi connectivity index (χ1n) is 7.19. The first-order valence-corrected chi connectivity index (χ1v) is 8.39. The second-order valence-corrected chi connectivity index (χ2v) is 6.79. The molecule has 26 heavy (non-hydrogen) atoms. The van der Waals surface area contributed by atoms with Crippen LogP contribution in [0.25, 0.3) is 10.2 Å². The van der Waals surface area contributed by atoms with Gasteiger partial charge in [0.15, 0.2) is 5.13 Å². The van der Waals surface area contributed by atoms with E-state index in [-0.39, 0.29) is 32.7 Å². The van der Waals surface area contributed by atoms with Gasteiger partial charge in [-0.2, -0.15) is 13.2 Å². The molecule has 1 amide bonds. The zero-order valence-electron chi connectivity index (χ0n) is 12.9. The van der Waals surface area contributed by atoms with Gasteiger partial charge in [-0.05, 0) is 30.3 Å². The van der Waals surface area contributed by atoms with Crippen LogP contribution in [0.4, 0.5) is 18.3 Å². The van der Waals surface area contributed by atoms with Crippen LogP contribution in [0.2, 0.25) is 5.02 Å². The number of hydrogen-bond donors (Lipinski definition) is 3. The number of carbonyl (C=O) groups is 1. The van der Waals surface area contributed by atoms with Crippen molar-refractivity contribution in [3.8, 4) is 5.75 Å². The fourth-order valence-electron chi connectivity index (χ4n) is 2.30. The second kappa shape index (κ2) is 6.75. The number of carbonyl (C=O) groups excluding carboxylic acids is 1. The third kappa shape index (κ3) is 3.59. The summed E-state index contributed by atoms with van der Waals surface area (Å²) in [5.41, 5.74) is 5.20. The molecule has 4 N–H and O–H groups in total. The third-order valence-corrected chi connectivity index (χ3v) is 4.71. The van der Waals surface area contributed by atoms with Crippen molar-refractivity contribution < 1.29 is 23.1 Å². The molecule has 5 nitrogen and oxygen atoms in total. The lowest BCUT2D eigenvalue weighted by Gasteiger charge is -2.09. The summed E-state index contributed by atoms with van der Waals surface area (Å²) in [6, 6.07) is 5.81. The fraction of sp³-hybridized carbons (Fsp3) is 0.125. The molecule has 2 aromatic carbocycles. The van der Waals surface area contributed by atoms with Gasteiger partial charge in [0.2, 0.25) is 0 Å². The number of phenolic OH excluding ortho intramolecular Hbond substituents is 1. The van der Waals surface area contributed by atoms with Gasteiger partial charge in [0, 0.05) is 17.1 Å². The van der Waals surface area contributed by atoms with E-state index in [1.165, 1.54) is 18.2 Å². The SMILES string of the molecule is NCc1cc(Cl)cc(C(=O)Nc2nc3ccc(C(F)(F)F)cc3s2)c1O. The molecule has 0 aliphatic rings. The van der Waals surface area contributed by atoms with Gasteiger partial charge in [0.25, 0.3) is 5.91 Å². The number of nitrogens with two attached hydrogens (primary N) is 1. The number of amides is 1. The van der Waals surface area contributed by atoms with Crippen LogP contribution >= 0.6 is 22.9 Å². The standard InChI is InChI=1S/C16H11ClF3N3O2S/c17-9-3-7(6-21)13(24)10(5-9)14(25)23-15-22-11-2-1-8(16(18,19)20)4-12(11)26-15/h1-5,24H,6,21H2,(H,22,23,25). The van der Waals surface area contributed by atoms with Crippen LogP contribution < -0.4 is 11.1 Å². The summed E-state index contributed by atoms with van der Waals surface area (Å²) in [4.78, 5) is 16.5. The summed E-state index contributed by atoms with van der Waals surface area (Å²) in [7, 11) is 0. The quantitative estimate of drug-likeness (QED) is 0.607. The summed E-state index contributed by atoms with van der Waals surface area (Å²) >= 11 is 6.79. The Kier molecular flexibility index (Phi) is 4.78. The van der Waals surface area contributed by atoms with Crippen molar-refractivity contribution in [3.63, 3.8) is 0 Å². The van der Waals surface area contributed by atoms with E-state index >= 15 is 0 Å². The lowest BCUT2D eigenvalue weighted by molar-refractivity contribution is -0.137. The second-order valence-electron chi connectivity index (χ2n) is 5.32. The molecule has 0 bridgehead atoms. The summed E-state index contributed by atoms with van der Waals surface area (Å²) in [6.45, 7) is -0.0198. The molecule has 0 fully saturated rings. The van der Waals surface area contributed by atoms with E-state index in [4.69, 9.17) is 17.3 Å². The molecule has 0 unspecified atom stereocenters. The van der Waals surface area contributed by atoms with E-state index in [0.29, 0.717) is 11.1 Å². The summed E-state index contributed by atoms with van der Waals surface area (Å²) in [5, 5.41) is 12.8. The van der Waals surface area contributed by atoms with Crippen molar-refractivity contribution in [3.05, 3.63) is 52.0 Å². The molecule has 0 aliphatic heterocycles. The highest BCUT2D eigenvalue weighted by molar-refractivity contribution is 7.22. The first-order chi connectivity index (χ1) is 12.2. The number of nitrogens with one attached hydrogen (secondary N) is 1. The van der Waals surface area contributed by atoms with E-state index in [0.717, 1.165) is 23.5 Å². The molecular weight excluding hydrogens is 391 g/mol. The number of alkyl halides is 3. The first kappa shape index (κ1) is 18.4. The number of anilines is 1. The normalized spacial score (nSPS) is 11.7. The predicted octanol–water partition coefficient (Wildman–Crippen LogP) is 4.39. The number of aromatic nitrogens is 1. The van der Waals surface area contributed by atoms with E-state index in [9.17, 15) is 23.1 Å². The number of rotatable bonds is 3. The molecule has 3 rings (SSSR count). The lowest BCUT2D eigenvalue weighted by atomic mass is 10.1. The van der Waals surface area contributed by atoms with E-state index in [2.05, 4.69) is 10.3 Å². The Morgan fingerprint density at radius 3 is 2.69 bits per heavy atom. The minimum Gasteiger partial charge on any atom is -0.507 e. The van der Waals surface area contributed by atoms with Gasteiger partial charge in [-0.3, -0.25) is 10.1 Å². The maximum Gasteiger partial charge on any atom is 0.416 e. The molecule has 1 heterocycles. The Bertz CT molecular complexity index is 1000. The minimum absolute atomic E-state index is 0.0198. The predicted molar refractivity (Wildman–Crippen MR) is 93.6 cm³/mol. The monoisotopic (exact) mass is 401 g/mol. The highest BCUT2D eigenvalue weighted by Gasteiger charge is 2.30. The fourth-order valence-corrected chi connectivity index (χ4v) is 3.44. The number of nitrogens with zero attached hydrogens (tertiary/aromatic N) is 1. The van der Waals surface area contributed by atoms with Crippen molar-refractivity contribution in [2.45, 2.75) is 12.7 Å². The molecule has 0 aliphatic carbocycles. The topological polar surface area (TPSA) is 88.2 Å². The van der Waals surface area contributed by atoms with Crippen LogP contribution in [0.5, 0.6) is 5.75 Å². The third-order valence-electron chi connectivity index (χ3n) is 3.55. The van der Waals surface area contributed by atoms with Crippen LogP contribution in [-0.4, -0.2) is 16.0 Å². The number of thiazole rings is 1.